The minimum absolute atomic E-state index is 0.211. The predicted molar refractivity (Wildman–Crippen MR) is 137 cm³/mol. The summed E-state index contributed by atoms with van der Waals surface area (Å²) in [5.74, 6) is 0.0420. The average Bonchev–Trinajstić information content (AvgIpc) is 3.10. The summed E-state index contributed by atoms with van der Waals surface area (Å²) < 4.78 is 27.0. The van der Waals surface area contributed by atoms with Crippen LogP contribution in [0.25, 0.3) is 6.08 Å². The Morgan fingerprint density at radius 2 is 1.88 bits per heavy atom. The van der Waals surface area contributed by atoms with Gasteiger partial charge in [-0.05, 0) is 121 Å². The minimum Gasteiger partial charge on any atom is -0.487 e. The summed E-state index contributed by atoms with van der Waals surface area (Å²) in [7, 11) is 0. The van der Waals surface area contributed by atoms with E-state index < -0.39 is 5.97 Å². The number of hydrogen-bond acceptors (Lipinski definition) is 4. The van der Waals surface area contributed by atoms with Crippen LogP contribution in [-0.2, 0) is 16.1 Å². The molecule has 32 heavy (non-hydrogen) atoms. The lowest BCUT2D eigenvalue weighted by Crippen LogP contribution is -2.05. The van der Waals surface area contributed by atoms with E-state index in [4.69, 9.17) is 9.47 Å². The molecule has 0 radical (unpaired) electrons. The van der Waals surface area contributed by atoms with E-state index in [2.05, 4.69) is 59.4 Å². The molecule has 1 aliphatic heterocycles. The van der Waals surface area contributed by atoms with Gasteiger partial charge in [0.05, 0.1) is 8.95 Å². The highest BCUT2D eigenvalue weighted by Gasteiger charge is 2.24. The predicted octanol–water partition coefficient (Wildman–Crippen LogP) is 7.19. The van der Waals surface area contributed by atoms with Gasteiger partial charge in [-0.3, -0.25) is 0 Å². The number of benzene rings is 3. The van der Waals surface area contributed by atoms with Crippen molar-refractivity contribution in [1.29, 1.82) is 0 Å². The third kappa shape index (κ3) is 5.29. The molecule has 0 unspecified atom stereocenters. The second-order valence-corrected chi connectivity index (χ2v) is 9.90. The molecule has 8 heteroatoms. The Labute approximate surface area is 214 Å². The number of aliphatic imine (C=N–C) groups is 1. The van der Waals surface area contributed by atoms with E-state index in [0.29, 0.717) is 14.7 Å². The molecule has 1 aliphatic rings. The molecule has 3 aromatic rings. The van der Waals surface area contributed by atoms with Crippen molar-refractivity contribution < 1.29 is 18.7 Å². The molecule has 0 fully saturated rings. The van der Waals surface area contributed by atoms with Gasteiger partial charge in [-0.1, -0.05) is 18.2 Å². The molecule has 0 bridgehead atoms. The zero-order chi connectivity index (χ0) is 22.8. The van der Waals surface area contributed by atoms with E-state index >= 15 is 0 Å². The van der Waals surface area contributed by atoms with Gasteiger partial charge in [0.25, 0.3) is 0 Å². The average molecular weight is 671 g/mol. The molecule has 4 nitrogen and oxygen atoms in total. The van der Waals surface area contributed by atoms with Gasteiger partial charge in [-0.25, -0.2) is 14.2 Å². The number of carbonyl (C=O) groups is 1. The zero-order valence-electron chi connectivity index (χ0n) is 16.7. The molecule has 0 aromatic heterocycles. The third-order valence-electron chi connectivity index (χ3n) is 4.64. The highest BCUT2D eigenvalue weighted by molar-refractivity contribution is 14.1. The summed E-state index contributed by atoms with van der Waals surface area (Å²) in [5.41, 5.74) is 3.56. The number of rotatable bonds is 5. The first-order valence-electron chi connectivity index (χ1n) is 9.45. The fraction of sp³-hybridized carbons (Fsp3) is 0.0833. The topological polar surface area (TPSA) is 47.9 Å². The fourth-order valence-corrected chi connectivity index (χ4v) is 4.97. The van der Waals surface area contributed by atoms with Gasteiger partial charge in [0.15, 0.2) is 5.70 Å². The van der Waals surface area contributed by atoms with Gasteiger partial charge in [-0.15, -0.1) is 0 Å². The van der Waals surface area contributed by atoms with Crippen molar-refractivity contribution in [2.24, 2.45) is 4.99 Å². The molecule has 3 aromatic carbocycles. The molecule has 1 heterocycles. The van der Waals surface area contributed by atoms with E-state index in [1.165, 1.54) is 12.1 Å². The molecule has 4 rings (SSSR count). The summed E-state index contributed by atoms with van der Waals surface area (Å²) >= 11 is 9.24. The summed E-state index contributed by atoms with van der Waals surface area (Å²) in [5, 5.41) is 0. The van der Waals surface area contributed by atoms with Crippen LogP contribution >= 0.6 is 54.5 Å². The number of esters is 1. The van der Waals surface area contributed by atoms with E-state index in [-0.39, 0.29) is 24.0 Å². The van der Waals surface area contributed by atoms with Gasteiger partial charge in [0.1, 0.15) is 18.2 Å². The van der Waals surface area contributed by atoms with Gasteiger partial charge in [0, 0.05) is 9.13 Å². The maximum Gasteiger partial charge on any atom is 0.363 e. The van der Waals surface area contributed by atoms with Crippen molar-refractivity contribution in [1.82, 2.24) is 0 Å². The Morgan fingerprint density at radius 3 is 2.56 bits per heavy atom. The molecule has 0 aliphatic carbocycles. The van der Waals surface area contributed by atoms with E-state index in [0.717, 1.165) is 25.8 Å². The number of cyclic esters (lactones) is 1. The lowest BCUT2D eigenvalue weighted by Gasteiger charge is -2.11. The number of hydrogen-bond donors (Lipinski definition) is 0. The monoisotopic (exact) mass is 669 g/mol. The number of ether oxygens (including phenoxy) is 2. The zero-order valence-corrected chi connectivity index (χ0v) is 22.0. The molecule has 0 saturated heterocycles. The molecule has 0 amide bonds. The minimum atomic E-state index is -0.505. The van der Waals surface area contributed by atoms with Crippen LogP contribution < -0.4 is 4.74 Å². The standard InChI is InChI=1S/C24H15Br2FINO3/c1-13-5-6-16(11-20(13)28)23-29-21(24(30)32-23)10-15-8-18(25)22(19(26)9-15)31-12-14-3-2-4-17(27)7-14/h2-11H,12H2,1H3/b21-10-. The number of halogens is 4. The first-order valence-corrected chi connectivity index (χ1v) is 12.1. The van der Waals surface area contributed by atoms with Gasteiger partial charge in [-0.2, -0.15) is 0 Å². The molecule has 0 atom stereocenters. The first-order chi connectivity index (χ1) is 15.3. The van der Waals surface area contributed by atoms with Crippen LogP contribution in [0.1, 0.15) is 22.3 Å². The number of carbonyl (C=O) groups excluding carboxylic acids is 1. The smallest absolute Gasteiger partial charge is 0.363 e. The largest absolute Gasteiger partial charge is 0.487 e. The highest BCUT2D eigenvalue weighted by Crippen LogP contribution is 2.36. The van der Waals surface area contributed by atoms with Crippen molar-refractivity contribution >= 4 is 72.4 Å². The normalized spacial score (nSPS) is 14.5. The van der Waals surface area contributed by atoms with Crippen LogP contribution in [0.15, 0.2) is 74.2 Å². The van der Waals surface area contributed by atoms with Crippen LogP contribution in [0, 0.1) is 16.3 Å². The molecule has 0 saturated carbocycles. The molecular formula is C24H15Br2FINO3. The summed E-state index contributed by atoms with van der Waals surface area (Å²) in [4.78, 5) is 16.7. The van der Waals surface area contributed by atoms with Crippen molar-refractivity contribution in [3.05, 3.63) is 101 Å². The molecule has 0 spiro atoms. The van der Waals surface area contributed by atoms with Crippen molar-refractivity contribution in [3.8, 4) is 5.75 Å². The van der Waals surface area contributed by atoms with Crippen molar-refractivity contribution in [2.75, 3.05) is 0 Å². The van der Waals surface area contributed by atoms with E-state index in [9.17, 15) is 9.18 Å². The van der Waals surface area contributed by atoms with Crippen LogP contribution in [0.4, 0.5) is 4.39 Å². The SMILES string of the molecule is Cc1ccc(C2=N/C(=C\c3cc(Br)c(OCc4cccc(F)c4)c(Br)c3)C(=O)O2)cc1I. The lowest BCUT2D eigenvalue weighted by molar-refractivity contribution is -0.129. The van der Waals surface area contributed by atoms with Crippen molar-refractivity contribution in [3.63, 3.8) is 0 Å². The summed E-state index contributed by atoms with van der Waals surface area (Å²) in [6.45, 7) is 2.23. The first kappa shape index (κ1) is 23.1. The Bertz CT molecular complexity index is 1270. The Hall–Kier alpha value is -2.04. The fourth-order valence-electron chi connectivity index (χ4n) is 3.00. The molecular weight excluding hydrogens is 656 g/mol. The molecule has 0 N–H and O–H groups in total. The third-order valence-corrected chi connectivity index (χ3v) is 6.98. The van der Waals surface area contributed by atoms with E-state index in [1.54, 1.807) is 18.2 Å². The Balaban J connectivity index is 1.56. The maximum absolute atomic E-state index is 13.4. The second kappa shape index (κ2) is 9.84. The molecule has 162 valence electrons. The van der Waals surface area contributed by atoms with Crippen LogP contribution in [-0.4, -0.2) is 11.9 Å². The van der Waals surface area contributed by atoms with Gasteiger partial charge in [0.2, 0.25) is 5.90 Å². The van der Waals surface area contributed by atoms with Crippen LogP contribution in [0.5, 0.6) is 5.75 Å². The van der Waals surface area contributed by atoms with Crippen molar-refractivity contribution in [2.45, 2.75) is 13.5 Å². The number of nitrogens with zero attached hydrogens (tertiary/aromatic N) is 1. The van der Waals surface area contributed by atoms with Gasteiger partial charge < -0.3 is 9.47 Å². The second-order valence-electron chi connectivity index (χ2n) is 7.03. The van der Waals surface area contributed by atoms with Crippen LogP contribution in [0.2, 0.25) is 0 Å². The summed E-state index contributed by atoms with van der Waals surface area (Å²) in [6.07, 6.45) is 1.65. The van der Waals surface area contributed by atoms with E-state index in [1.807, 2.05) is 37.3 Å². The Kier molecular flexibility index (Phi) is 7.11. The maximum atomic E-state index is 13.4. The van der Waals surface area contributed by atoms with Gasteiger partial charge >= 0.3 is 5.97 Å². The quantitative estimate of drug-likeness (QED) is 0.164. The number of aryl methyl sites for hydroxylation is 1. The highest BCUT2D eigenvalue weighted by atomic mass is 127. The lowest BCUT2D eigenvalue weighted by atomic mass is 10.1. The summed E-state index contributed by atoms with van der Waals surface area (Å²) in [6, 6.07) is 15.7. The Morgan fingerprint density at radius 1 is 1.12 bits per heavy atom. The van der Waals surface area contributed by atoms with Crippen LogP contribution in [0.3, 0.4) is 0 Å².